The Kier molecular flexibility index (Phi) is 11.7. The van der Waals surface area contributed by atoms with Gasteiger partial charge in [0, 0.05) is 5.56 Å². The molecule has 7 heteroatoms. The molecule has 0 amide bonds. The van der Waals surface area contributed by atoms with E-state index >= 15 is 0 Å². The van der Waals surface area contributed by atoms with Crippen molar-refractivity contribution in [3.8, 4) is 11.5 Å². The Bertz CT molecular complexity index is 956. The molecular weight excluding hydrogens is 460 g/mol. The Hall–Kier alpha value is -2.94. The zero-order valence-electron chi connectivity index (χ0n) is 21.1. The van der Waals surface area contributed by atoms with E-state index in [1.54, 1.807) is 14.2 Å². The lowest BCUT2D eigenvalue weighted by molar-refractivity contribution is -0.0382. The second-order valence-corrected chi connectivity index (χ2v) is 7.86. The minimum atomic E-state index is -0.952. The number of rotatable bonds is 17. The third-order valence-electron chi connectivity index (χ3n) is 5.67. The number of benzene rings is 3. The highest BCUT2D eigenvalue weighted by atomic mass is 16.6. The van der Waals surface area contributed by atoms with E-state index in [1.165, 1.54) is 0 Å². The minimum Gasteiger partial charge on any atom is -0.493 e. The highest BCUT2D eigenvalue weighted by molar-refractivity contribution is 5.57. The van der Waals surface area contributed by atoms with Crippen molar-refractivity contribution in [3.63, 3.8) is 0 Å². The van der Waals surface area contributed by atoms with E-state index in [0.717, 1.165) is 16.7 Å². The Labute approximate surface area is 213 Å². The summed E-state index contributed by atoms with van der Waals surface area (Å²) < 4.78 is 34.7. The first kappa shape index (κ1) is 27.6. The van der Waals surface area contributed by atoms with E-state index in [0.29, 0.717) is 57.7 Å². The third kappa shape index (κ3) is 7.06. The standard InChI is InChI=1S/C29H36O7/c1-31-27-15-9-14-26(28(27)32-2)29(24-10-5-3-6-11-24,25-12-7-4-8-13-25)36-23-22-35-21-20-34-19-18-33-17-16-30/h3-15,30H,16-23H2,1-2H3. The fourth-order valence-electron chi connectivity index (χ4n) is 4.09. The first-order chi connectivity index (χ1) is 17.8. The number of hydrogen-bond acceptors (Lipinski definition) is 7. The highest BCUT2D eigenvalue weighted by Crippen LogP contribution is 2.47. The third-order valence-corrected chi connectivity index (χ3v) is 5.67. The number of aliphatic hydroxyl groups excluding tert-OH is 1. The molecule has 0 aliphatic rings. The van der Waals surface area contributed by atoms with E-state index < -0.39 is 5.60 Å². The van der Waals surface area contributed by atoms with Gasteiger partial charge in [0.1, 0.15) is 5.60 Å². The summed E-state index contributed by atoms with van der Waals surface area (Å²) in [4.78, 5) is 0. The van der Waals surface area contributed by atoms with Crippen molar-refractivity contribution >= 4 is 0 Å². The molecule has 0 aromatic heterocycles. The molecule has 3 aromatic carbocycles. The summed E-state index contributed by atoms with van der Waals surface area (Å²) in [5.74, 6) is 1.25. The number of para-hydroxylation sites is 1. The summed E-state index contributed by atoms with van der Waals surface area (Å²) in [5.41, 5.74) is 1.82. The van der Waals surface area contributed by atoms with Crippen LogP contribution >= 0.6 is 0 Å². The largest absolute Gasteiger partial charge is 0.493 e. The van der Waals surface area contributed by atoms with Crippen LogP contribution in [0.2, 0.25) is 0 Å². The van der Waals surface area contributed by atoms with Crippen molar-refractivity contribution in [3.05, 3.63) is 95.6 Å². The maximum atomic E-state index is 8.71. The van der Waals surface area contributed by atoms with Crippen molar-refractivity contribution in [1.29, 1.82) is 0 Å². The maximum absolute atomic E-state index is 8.71. The quantitative estimate of drug-likeness (QED) is 0.223. The molecule has 7 nitrogen and oxygen atoms in total. The lowest BCUT2D eigenvalue weighted by Crippen LogP contribution is -2.34. The van der Waals surface area contributed by atoms with Crippen LogP contribution in [0.5, 0.6) is 11.5 Å². The summed E-state index contributed by atoms with van der Waals surface area (Å²) in [6.07, 6.45) is 0. The van der Waals surface area contributed by atoms with Gasteiger partial charge in [-0.05, 0) is 17.2 Å². The molecule has 0 bridgehead atoms. The average molecular weight is 497 g/mol. The SMILES string of the molecule is COc1cccc(C(OCCOCCOCCOCCO)(c2ccccc2)c2ccccc2)c1OC. The molecule has 0 saturated carbocycles. The molecule has 194 valence electrons. The first-order valence-electron chi connectivity index (χ1n) is 12.1. The predicted octanol–water partition coefficient (Wildman–Crippen LogP) is 4.05. The normalized spacial score (nSPS) is 11.4. The maximum Gasteiger partial charge on any atom is 0.167 e. The first-order valence-corrected chi connectivity index (χ1v) is 12.1. The molecule has 0 fully saturated rings. The number of ether oxygens (including phenoxy) is 6. The van der Waals surface area contributed by atoms with Gasteiger partial charge in [0.25, 0.3) is 0 Å². The molecule has 0 radical (unpaired) electrons. The van der Waals surface area contributed by atoms with Crippen molar-refractivity contribution in [2.75, 3.05) is 67.1 Å². The number of methoxy groups -OCH3 is 2. The second-order valence-electron chi connectivity index (χ2n) is 7.86. The monoisotopic (exact) mass is 496 g/mol. The van der Waals surface area contributed by atoms with Crippen molar-refractivity contribution in [1.82, 2.24) is 0 Å². The van der Waals surface area contributed by atoms with Gasteiger partial charge in [-0.1, -0.05) is 72.8 Å². The summed E-state index contributed by atoms with van der Waals surface area (Å²) in [5, 5.41) is 8.71. The Morgan fingerprint density at radius 1 is 0.583 bits per heavy atom. The van der Waals surface area contributed by atoms with Gasteiger partial charge in [0.05, 0.1) is 67.1 Å². The lowest BCUT2D eigenvalue weighted by Gasteiger charge is -2.37. The van der Waals surface area contributed by atoms with Crippen molar-refractivity contribution in [2.45, 2.75) is 5.60 Å². The van der Waals surface area contributed by atoms with Gasteiger partial charge in [-0.15, -0.1) is 0 Å². The van der Waals surface area contributed by atoms with Crippen LogP contribution in [0, 0.1) is 0 Å². The molecule has 3 aromatic rings. The van der Waals surface area contributed by atoms with Gasteiger partial charge in [-0.25, -0.2) is 0 Å². The second kappa shape index (κ2) is 15.2. The molecular formula is C29H36O7. The van der Waals surface area contributed by atoms with E-state index in [4.69, 9.17) is 33.5 Å². The van der Waals surface area contributed by atoms with Gasteiger partial charge in [0.2, 0.25) is 0 Å². The Balaban J connectivity index is 1.81. The molecule has 0 heterocycles. The van der Waals surface area contributed by atoms with Crippen LogP contribution in [0.4, 0.5) is 0 Å². The van der Waals surface area contributed by atoms with Crippen LogP contribution in [0.3, 0.4) is 0 Å². The minimum absolute atomic E-state index is 0.0121. The molecule has 1 N–H and O–H groups in total. The van der Waals surface area contributed by atoms with E-state index in [2.05, 4.69) is 24.3 Å². The zero-order valence-corrected chi connectivity index (χ0v) is 21.1. The van der Waals surface area contributed by atoms with E-state index in [-0.39, 0.29) is 6.61 Å². The molecule has 0 saturated heterocycles. The highest BCUT2D eigenvalue weighted by Gasteiger charge is 2.40. The molecule has 36 heavy (non-hydrogen) atoms. The van der Waals surface area contributed by atoms with Gasteiger partial charge < -0.3 is 33.5 Å². The Morgan fingerprint density at radius 2 is 1.11 bits per heavy atom. The van der Waals surface area contributed by atoms with Crippen LogP contribution in [0.15, 0.2) is 78.9 Å². The predicted molar refractivity (Wildman–Crippen MR) is 138 cm³/mol. The summed E-state index contributed by atoms with van der Waals surface area (Å²) in [6.45, 7) is 2.85. The topological polar surface area (TPSA) is 75.6 Å². The van der Waals surface area contributed by atoms with Crippen LogP contribution < -0.4 is 9.47 Å². The number of aliphatic hydroxyl groups is 1. The van der Waals surface area contributed by atoms with Crippen LogP contribution in [0.25, 0.3) is 0 Å². The van der Waals surface area contributed by atoms with Gasteiger partial charge in [0.15, 0.2) is 11.5 Å². The van der Waals surface area contributed by atoms with E-state index in [9.17, 15) is 0 Å². The molecule has 0 unspecified atom stereocenters. The molecule has 0 atom stereocenters. The summed E-state index contributed by atoms with van der Waals surface area (Å²) >= 11 is 0. The van der Waals surface area contributed by atoms with Gasteiger partial charge in [-0.3, -0.25) is 0 Å². The Morgan fingerprint density at radius 3 is 1.61 bits per heavy atom. The molecule has 0 spiro atoms. The van der Waals surface area contributed by atoms with Gasteiger partial charge >= 0.3 is 0 Å². The molecule has 0 aliphatic heterocycles. The molecule has 3 rings (SSSR count). The van der Waals surface area contributed by atoms with Crippen molar-refractivity contribution in [2.24, 2.45) is 0 Å². The zero-order chi connectivity index (χ0) is 25.5. The average Bonchev–Trinajstić information content (AvgIpc) is 2.94. The van der Waals surface area contributed by atoms with E-state index in [1.807, 2.05) is 54.6 Å². The number of hydrogen-bond donors (Lipinski definition) is 1. The van der Waals surface area contributed by atoms with Gasteiger partial charge in [-0.2, -0.15) is 0 Å². The van der Waals surface area contributed by atoms with Crippen molar-refractivity contribution < 1.29 is 33.5 Å². The summed E-state index contributed by atoms with van der Waals surface area (Å²) in [6, 6.07) is 26.0. The fraction of sp³-hybridized carbons (Fsp3) is 0.379. The fourth-order valence-corrected chi connectivity index (χ4v) is 4.09. The smallest absolute Gasteiger partial charge is 0.167 e. The van der Waals surface area contributed by atoms with Crippen LogP contribution in [0.1, 0.15) is 16.7 Å². The molecule has 0 aliphatic carbocycles. The lowest BCUT2D eigenvalue weighted by atomic mass is 9.79. The van der Waals surface area contributed by atoms with Crippen LogP contribution in [-0.4, -0.2) is 72.2 Å². The summed E-state index contributed by atoms with van der Waals surface area (Å²) in [7, 11) is 3.27. The van der Waals surface area contributed by atoms with Crippen LogP contribution in [-0.2, 0) is 24.5 Å².